The lowest BCUT2D eigenvalue weighted by molar-refractivity contribution is 0.662. The van der Waals surface area contributed by atoms with Crippen LogP contribution in [0.3, 0.4) is 0 Å². The first-order chi connectivity index (χ1) is 27.0. The second-order valence-corrected chi connectivity index (χ2v) is 15.3. The molecule has 0 saturated heterocycles. The van der Waals surface area contributed by atoms with Crippen molar-refractivity contribution in [2.24, 2.45) is 0 Å². The lowest BCUT2D eigenvalue weighted by Crippen LogP contribution is -2.16. The summed E-state index contributed by atoms with van der Waals surface area (Å²) in [7, 11) is 0. The highest BCUT2D eigenvalue weighted by atomic mass is 15.0. The summed E-state index contributed by atoms with van der Waals surface area (Å²) >= 11 is 0. The van der Waals surface area contributed by atoms with Crippen molar-refractivity contribution in [3.63, 3.8) is 0 Å². The Morgan fingerprint density at radius 3 is 1.62 bits per heavy atom. The molecular formula is C52H35N3. The highest BCUT2D eigenvalue weighted by Gasteiger charge is 2.37. The monoisotopic (exact) mass is 701 g/mol. The third kappa shape index (κ3) is 4.55. The molecule has 2 heterocycles. The minimum atomic E-state index is -0.0721. The molecule has 258 valence electrons. The highest BCUT2D eigenvalue weighted by molar-refractivity contribution is 6.12. The van der Waals surface area contributed by atoms with Crippen LogP contribution in [0, 0.1) is 11.3 Å². The van der Waals surface area contributed by atoms with Gasteiger partial charge in [-0.2, -0.15) is 5.26 Å². The van der Waals surface area contributed by atoms with Gasteiger partial charge in [0.15, 0.2) is 0 Å². The van der Waals surface area contributed by atoms with E-state index in [1.54, 1.807) is 0 Å². The number of para-hydroxylation sites is 2. The van der Waals surface area contributed by atoms with Gasteiger partial charge < -0.3 is 9.13 Å². The molecule has 3 nitrogen and oxygen atoms in total. The van der Waals surface area contributed by atoms with Crippen molar-refractivity contribution < 1.29 is 0 Å². The summed E-state index contributed by atoms with van der Waals surface area (Å²) in [5, 5.41) is 14.5. The molecule has 11 rings (SSSR count). The summed E-state index contributed by atoms with van der Waals surface area (Å²) in [5.41, 5.74) is 17.7. The zero-order valence-electron chi connectivity index (χ0n) is 30.6. The van der Waals surface area contributed by atoms with Crippen molar-refractivity contribution in [2.45, 2.75) is 19.3 Å². The molecule has 0 spiro atoms. The molecule has 0 unspecified atom stereocenters. The van der Waals surface area contributed by atoms with E-state index in [1.807, 2.05) is 18.2 Å². The Morgan fingerprint density at radius 1 is 0.418 bits per heavy atom. The molecule has 0 N–H and O–H groups in total. The topological polar surface area (TPSA) is 33.6 Å². The van der Waals surface area contributed by atoms with Gasteiger partial charge in [-0.05, 0) is 111 Å². The minimum absolute atomic E-state index is 0.0721. The van der Waals surface area contributed by atoms with E-state index in [1.165, 1.54) is 77.1 Å². The molecule has 3 heteroatoms. The van der Waals surface area contributed by atoms with E-state index in [0.717, 1.165) is 22.4 Å². The van der Waals surface area contributed by atoms with Crippen molar-refractivity contribution in [3.8, 4) is 50.8 Å². The molecule has 0 atom stereocenters. The van der Waals surface area contributed by atoms with Crippen molar-refractivity contribution in [2.75, 3.05) is 0 Å². The van der Waals surface area contributed by atoms with Gasteiger partial charge in [0.25, 0.3) is 0 Å². The molecule has 55 heavy (non-hydrogen) atoms. The van der Waals surface area contributed by atoms with Gasteiger partial charge in [-0.3, -0.25) is 0 Å². The summed E-state index contributed by atoms with van der Waals surface area (Å²) in [6.45, 7) is 4.71. The first-order valence-electron chi connectivity index (χ1n) is 18.9. The van der Waals surface area contributed by atoms with Crippen LogP contribution in [0.4, 0.5) is 0 Å². The van der Waals surface area contributed by atoms with Gasteiger partial charge in [0.2, 0.25) is 0 Å². The van der Waals surface area contributed by atoms with Gasteiger partial charge in [-0.25, -0.2) is 0 Å². The van der Waals surface area contributed by atoms with Crippen LogP contribution in [0.5, 0.6) is 0 Å². The van der Waals surface area contributed by atoms with E-state index >= 15 is 0 Å². The SMILES string of the molecule is CC1(C)c2ccccc2-c2cccc(-c3ccc(-n4c5ccccc5c5cc(-c6ccc7c(c6)c6ccccc6n7-c6cccc(C#N)c6)ccc54)cc3)c21. The second kappa shape index (κ2) is 11.7. The van der Waals surface area contributed by atoms with Crippen LogP contribution in [0.25, 0.3) is 88.4 Å². The molecule has 1 aliphatic carbocycles. The molecule has 2 aromatic heterocycles. The quantitative estimate of drug-likeness (QED) is 0.180. The van der Waals surface area contributed by atoms with Crippen LogP contribution in [-0.4, -0.2) is 9.13 Å². The first kappa shape index (κ1) is 31.4. The third-order valence-corrected chi connectivity index (χ3v) is 11.9. The Kier molecular flexibility index (Phi) is 6.66. The highest BCUT2D eigenvalue weighted by Crippen LogP contribution is 2.52. The molecule has 0 amide bonds. The molecule has 8 aromatic carbocycles. The molecular weight excluding hydrogens is 667 g/mol. The maximum absolute atomic E-state index is 9.62. The Labute approximate surface area is 319 Å². The summed E-state index contributed by atoms with van der Waals surface area (Å²) < 4.78 is 4.67. The molecule has 1 aliphatic rings. The van der Waals surface area contributed by atoms with Gasteiger partial charge >= 0.3 is 0 Å². The summed E-state index contributed by atoms with van der Waals surface area (Å²) in [6.07, 6.45) is 0. The van der Waals surface area contributed by atoms with Gasteiger partial charge in [-0.15, -0.1) is 0 Å². The maximum Gasteiger partial charge on any atom is 0.0992 e. The zero-order chi connectivity index (χ0) is 36.8. The van der Waals surface area contributed by atoms with Crippen molar-refractivity contribution >= 4 is 43.6 Å². The molecule has 10 aromatic rings. The fourth-order valence-electron chi connectivity index (χ4n) is 9.45. The number of hydrogen-bond donors (Lipinski definition) is 0. The smallest absolute Gasteiger partial charge is 0.0992 e. The Bertz CT molecular complexity index is 3240. The van der Waals surface area contributed by atoms with E-state index in [-0.39, 0.29) is 5.41 Å². The predicted molar refractivity (Wildman–Crippen MR) is 228 cm³/mol. The first-order valence-corrected chi connectivity index (χ1v) is 18.9. The van der Waals surface area contributed by atoms with Crippen LogP contribution in [-0.2, 0) is 5.41 Å². The summed E-state index contributed by atoms with van der Waals surface area (Å²) in [4.78, 5) is 0. The van der Waals surface area contributed by atoms with Crippen molar-refractivity contribution in [1.82, 2.24) is 9.13 Å². The lowest BCUT2D eigenvalue weighted by Gasteiger charge is -2.24. The second-order valence-electron chi connectivity index (χ2n) is 15.3. The number of benzene rings is 8. The zero-order valence-corrected chi connectivity index (χ0v) is 30.6. The van der Waals surface area contributed by atoms with Crippen LogP contribution in [0.1, 0.15) is 30.5 Å². The lowest BCUT2D eigenvalue weighted by atomic mass is 9.79. The fraction of sp³-hybridized carbons (Fsp3) is 0.0577. The van der Waals surface area contributed by atoms with Gasteiger partial charge in [0.05, 0.1) is 33.7 Å². The summed E-state index contributed by atoms with van der Waals surface area (Å²) in [6, 6.07) is 65.9. The molecule has 0 aliphatic heterocycles. The van der Waals surface area contributed by atoms with E-state index in [2.05, 4.69) is 187 Å². The van der Waals surface area contributed by atoms with E-state index in [0.29, 0.717) is 5.56 Å². The van der Waals surface area contributed by atoms with Crippen LogP contribution in [0.2, 0.25) is 0 Å². The minimum Gasteiger partial charge on any atom is -0.309 e. The van der Waals surface area contributed by atoms with Crippen LogP contribution in [0.15, 0.2) is 176 Å². The van der Waals surface area contributed by atoms with Gasteiger partial charge in [0, 0.05) is 38.3 Å². The van der Waals surface area contributed by atoms with Gasteiger partial charge in [-0.1, -0.05) is 123 Å². The summed E-state index contributed by atoms with van der Waals surface area (Å²) in [5.74, 6) is 0. The van der Waals surface area contributed by atoms with Gasteiger partial charge in [0.1, 0.15) is 0 Å². The number of nitriles is 1. The maximum atomic E-state index is 9.62. The number of nitrogens with zero attached hydrogens (tertiary/aromatic N) is 3. The average Bonchev–Trinajstić information content (AvgIpc) is 3.83. The van der Waals surface area contributed by atoms with E-state index in [9.17, 15) is 5.26 Å². The van der Waals surface area contributed by atoms with Crippen molar-refractivity contribution in [1.29, 1.82) is 5.26 Å². The third-order valence-electron chi connectivity index (χ3n) is 11.9. The Hall–Kier alpha value is -7.15. The van der Waals surface area contributed by atoms with Crippen LogP contribution < -0.4 is 0 Å². The largest absolute Gasteiger partial charge is 0.309 e. The Balaban J connectivity index is 1.02. The molecule has 0 saturated carbocycles. The normalized spacial score (nSPS) is 13.0. The molecule has 0 fully saturated rings. The average molecular weight is 702 g/mol. The standard InChI is InChI=1S/C52H35N3/c1-52(2)46-18-6-3-13-40(46)43-17-10-16-39(51(43)52)34-21-25-37(26-22-34)54-47-19-7-4-14-41(47)44-30-35(23-27-49(44)54)36-24-28-50-45(31-36)42-15-5-8-20-48(42)55(50)38-12-9-11-33(29-38)32-53/h3-31H,1-2H3. The van der Waals surface area contributed by atoms with E-state index < -0.39 is 0 Å². The molecule has 0 bridgehead atoms. The number of rotatable bonds is 4. The number of fused-ring (bicyclic) bond motifs is 9. The Morgan fingerprint density at radius 2 is 0.945 bits per heavy atom. The van der Waals surface area contributed by atoms with Crippen LogP contribution >= 0.6 is 0 Å². The van der Waals surface area contributed by atoms with Crippen molar-refractivity contribution in [3.05, 3.63) is 193 Å². The molecule has 0 radical (unpaired) electrons. The number of aromatic nitrogens is 2. The predicted octanol–water partition coefficient (Wildman–Crippen LogP) is 13.4. The fourth-order valence-corrected chi connectivity index (χ4v) is 9.45. The van der Waals surface area contributed by atoms with E-state index in [4.69, 9.17) is 0 Å². The number of hydrogen-bond acceptors (Lipinski definition) is 1.